The Labute approximate surface area is 86.7 Å². The van der Waals surface area contributed by atoms with Crippen molar-refractivity contribution in [2.75, 3.05) is 0 Å². The van der Waals surface area contributed by atoms with Gasteiger partial charge in [-0.25, -0.2) is 13.8 Å². The lowest BCUT2D eigenvalue weighted by Crippen LogP contribution is -1.96. The molecule has 6 heteroatoms. The first-order chi connectivity index (χ1) is 6.06. The summed E-state index contributed by atoms with van der Waals surface area (Å²) in [7, 11) is 0. The molecule has 0 unspecified atom stereocenters. The molecule has 0 saturated carbocycles. The molecule has 0 saturated heterocycles. The van der Waals surface area contributed by atoms with Gasteiger partial charge in [-0.2, -0.15) is 0 Å². The lowest BCUT2D eigenvalue weighted by molar-refractivity contribution is 0.150. The van der Waals surface area contributed by atoms with Crippen molar-refractivity contribution in [3.63, 3.8) is 0 Å². The second-order valence-electron chi connectivity index (χ2n) is 2.26. The average molecular weight is 272 g/mol. The largest absolute Gasteiger partial charge is 0.390 e. The van der Waals surface area contributed by atoms with Gasteiger partial charge < -0.3 is 5.11 Å². The van der Waals surface area contributed by atoms with Crippen LogP contribution in [0.2, 0.25) is 5.15 Å². The highest BCUT2D eigenvalue weighted by atomic mass is 79.9. The Morgan fingerprint density at radius 3 is 2.62 bits per heavy atom. The van der Waals surface area contributed by atoms with Gasteiger partial charge in [0.05, 0.1) is 17.9 Å². The number of rotatable bonds is 2. The van der Waals surface area contributed by atoms with Gasteiger partial charge in [-0.3, -0.25) is 0 Å². The Bertz CT molecular complexity index is 298. The summed E-state index contributed by atoms with van der Waals surface area (Å²) < 4.78 is 24.8. The maximum absolute atomic E-state index is 12.3. The summed E-state index contributed by atoms with van der Waals surface area (Å²) in [6.07, 6.45) is -2.68. The Morgan fingerprint density at radius 1 is 1.62 bits per heavy atom. The van der Waals surface area contributed by atoms with E-state index in [1.165, 1.54) is 6.07 Å². The topological polar surface area (TPSA) is 33.1 Å². The molecule has 1 aromatic heterocycles. The number of nitrogens with zero attached hydrogens (tertiary/aromatic N) is 1. The molecule has 0 atom stereocenters. The fourth-order valence-electron chi connectivity index (χ4n) is 0.816. The highest BCUT2D eigenvalue weighted by Crippen LogP contribution is 2.32. The molecule has 0 aliphatic carbocycles. The molecule has 0 fully saturated rings. The zero-order valence-electron chi connectivity index (χ0n) is 6.27. The van der Waals surface area contributed by atoms with Crippen LogP contribution in [0.15, 0.2) is 10.5 Å². The summed E-state index contributed by atoms with van der Waals surface area (Å²) in [5, 5.41) is 8.40. The van der Waals surface area contributed by atoms with E-state index in [0.717, 1.165) is 0 Å². The van der Waals surface area contributed by atoms with Crippen LogP contribution in [-0.4, -0.2) is 10.1 Å². The third kappa shape index (κ3) is 2.36. The smallest absolute Gasteiger partial charge is 0.267 e. The zero-order chi connectivity index (χ0) is 10.0. The molecule has 72 valence electrons. The van der Waals surface area contributed by atoms with Gasteiger partial charge in [-0.05, 0) is 6.07 Å². The normalized spacial score (nSPS) is 10.9. The van der Waals surface area contributed by atoms with Gasteiger partial charge in [0.15, 0.2) is 0 Å². The van der Waals surface area contributed by atoms with Crippen molar-refractivity contribution in [2.45, 2.75) is 13.0 Å². The first-order valence-corrected chi connectivity index (χ1v) is 4.47. The van der Waals surface area contributed by atoms with E-state index in [1.54, 1.807) is 0 Å². The van der Waals surface area contributed by atoms with Gasteiger partial charge in [-0.15, -0.1) is 0 Å². The van der Waals surface area contributed by atoms with E-state index in [2.05, 4.69) is 20.9 Å². The molecule has 0 aromatic carbocycles. The number of aromatic nitrogens is 1. The fraction of sp³-hybridized carbons (Fsp3) is 0.286. The van der Waals surface area contributed by atoms with E-state index in [0.29, 0.717) is 0 Å². The van der Waals surface area contributed by atoms with Crippen LogP contribution in [0.25, 0.3) is 0 Å². The van der Waals surface area contributed by atoms with Gasteiger partial charge in [0.25, 0.3) is 6.43 Å². The van der Waals surface area contributed by atoms with Crippen molar-refractivity contribution >= 4 is 27.5 Å². The SMILES string of the molecule is OCc1cc(Br)c(C(F)F)c(Cl)n1. The monoisotopic (exact) mass is 271 g/mol. The molecule has 2 nitrogen and oxygen atoms in total. The van der Waals surface area contributed by atoms with E-state index >= 15 is 0 Å². The van der Waals surface area contributed by atoms with Crippen LogP contribution in [-0.2, 0) is 6.61 Å². The van der Waals surface area contributed by atoms with Crippen LogP contribution in [0.3, 0.4) is 0 Å². The van der Waals surface area contributed by atoms with Crippen molar-refractivity contribution in [1.29, 1.82) is 0 Å². The quantitative estimate of drug-likeness (QED) is 0.840. The predicted molar refractivity (Wildman–Crippen MR) is 47.8 cm³/mol. The molecule has 13 heavy (non-hydrogen) atoms. The minimum absolute atomic E-state index is 0.159. The summed E-state index contributed by atoms with van der Waals surface area (Å²) in [6.45, 7) is -0.332. The lowest BCUT2D eigenvalue weighted by Gasteiger charge is -2.06. The Hall–Kier alpha value is -0.260. The summed E-state index contributed by atoms with van der Waals surface area (Å²) >= 11 is 8.40. The van der Waals surface area contributed by atoms with E-state index in [4.69, 9.17) is 16.7 Å². The molecule has 0 spiro atoms. The Morgan fingerprint density at radius 2 is 2.23 bits per heavy atom. The van der Waals surface area contributed by atoms with Gasteiger partial charge in [-0.1, -0.05) is 27.5 Å². The van der Waals surface area contributed by atoms with Crippen molar-refractivity contribution in [1.82, 2.24) is 4.98 Å². The zero-order valence-corrected chi connectivity index (χ0v) is 8.61. The highest BCUT2D eigenvalue weighted by Gasteiger charge is 2.17. The third-order valence-corrected chi connectivity index (χ3v) is 2.34. The van der Waals surface area contributed by atoms with Crippen molar-refractivity contribution in [3.8, 4) is 0 Å². The second-order valence-corrected chi connectivity index (χ2v) is 3.47. The molecule has 0 aliphatic rings. The van der Waals surface area contributed by atoms with E-state index in [-0.39, 0.29) is 27.5 Å². The number of halogens is 4. The number of aliphatic hydroxyl groups is 1. The molecule has 1 heterocycles. The third-order valence-electron chi connectivity index (χ3n) is 1.39. The van der Waals surface area contributed by atoms with E-state index in [9.17, 15) is 8.78 Å². The molecule has 1 N–H and O–H groups in total. The van der Waals surface area contributed by atoms with Crippen LogP contribution in [0.5, 0.6) is 0 Å². The Kier molecular flexibility index (Phi) is 3.58. The van der Waals surface area contributed by atoms with Crippen LogP contribution in [0.1, 0.15) is 17.7 Å². The average Bonchev–Trinajstić information content (AvgIpc) is 2.02. The Balaban J connectivity index is 3.23. The first-order valence-electron chi connectivity index (χ1n) is 3.30. The highest BCUT2D eigenvalue weighted by molar-refractivity contribution is 9.10. The van der Waals surface area contributed by atoms with E-state index in [1.807, 2.05) is 0 Å². The number of hydrogen-bond acceptors (Lipinski definition) is 2. The lowest BCUT2D eigenvalue weighted by atomic mass is 10.2. The van der Waals surface area contributed by atoms with Gasteiger partial charge in [0, 0.05) is 4.47 Å². The number of hydrogen-bond donors (Lipinski definition) is 1. The summed E-state index contributed by atoms with van der Waals surface area (Å²) in [5.74, 6) is 0. The summed E-state index contributed by atoms with van der Waals surface area (Å²) in [5.41, 5.74) is -0.0971. The maximum Gasteiger partial charge on any atom is 0.267 e. The molecule has 1 aromatic rings. The first kappa shape index (κ1) is 10.8. The summed E-state index contributed by atoms with van der Waals surface area (Å²) in [6, 6.07) is 1.31. The number of alkyl halides is 2. The van der Waals surface area contributed by atoms with Crippen LogP contribution < -0.4 is 0 Å². The molecule has 1 rings (SSSR count). The van der Waals surface area contributed by atoms with Crippen molar-refractivity contribution in [2.24, 2.45) is 0 Å². The van der Waals surface area contributed by atoms with Crippen molar-refractivity contribution in [3.05, 3.63) is 26.9 Å². The maximum atomic E-state index is 12.3. The standard InChI is InChI=1S/C7H5BrClF2NO/c8-4-1-3(2-13)12-6(9)5(4)7(10)11/h1,7,13H,2H2. The van der Waals surface area contributed by atoms with Gasteiger partial charge in [0.1, 0.15) is 5.15 Å². The molecular formula is C7H5BrClF2NO. The van der Waals surface area contributed by atoms with Crippen LogP contribution >= 0.6 is 27.5 Å². The molecule has 0 radical (unpaired) electrons. The minimum atomic E-state index is -2.68. The molecular weight excluding hydrogens is 267 g/mol. The van der Waals surface area contributed by atoms with Gasteiger partial charge >= 0.3 is 0 Å². The molecule has 0 aliphatic heterocycles. The number of aliphatic hydroxyl groups excluding tert-OH is 1. The van der Waals surface area contributed by atoms with Gasteiger partial charge in [0.2, 0.25) is 0 Å². The fourth-order valence-corrected chi connectivity index (χ4v) is 1.85. The van der Waals surface area contributed by atoms with Crippen LogP contribution in [0, 0.1) is 0 Å². The minimum Gasteiger partial charge on any atom is -0.390 e. The predicted octanol–water partition coefficient (Wildman–Crippen LogP) is 2.93. The van der Waals surface area contributed by atoms with E-state index < -0.39 is 6.43 Å². The number of pyridine rings is 1. The summed E-state index contributed by atoms with van der Waals surface area (Å²) in [4.78, 5) is 3.58. The second kappa shape index (κ2) is 4.30. The van der Waals surface area contributed by atoms with Crippen molar-refractivity contribution < 1.29 is 13.9 Å². The molecule has 0 amide bonds. The van der Waals surface area contributed by atoms with Crippen LogP contribution in [0.4, 0.5) is 8.78 Å². The molecule has 0 bridgehead atoms.